The summed E-state index contributed by atoms with van der Waals surface area (Å²) in [7, 11) is 0. The predicted molar refractivity (Wildman–Crippen MR) is 180 cm³/mol. The number of phenolic OH excluding ortho intramolecular Hbond substituents is 1. The molecule has 0 radical (unpaired) electrons. The highest BCUT2D eigenvalue weighted by Crippen LogP contribution is 2.67. The van der Waals surface area contributed by atoms with E-state index in [2.05, 4.69) is 28.9 Å². The van der Waals surface area contributed by atoms with Gasteiger partial charge in [0.05, 0.1) is 23.1 Å². The Bertz CT molecular complexity index is 1850. The third-order valence-electron chi connectivity index (χ3n) is 11.1. The molecule has 262 valence electrons. The van der Waals surface area contributed by atoms with Crippen molar-refractivity contribution < 1.29 is 37.3 Å². The molecule has 2 aliphatic carbocycles. The molecule has 50 heavy (non-hydrogen) atoms. The van der Waals surface area contributed by atoms with Crippen LogP contribution in [0.1, 0.15) is 67.9 Å². The third-order valence-corrected chi connectivity index (χ3v) is 11.1. The van der Waals surface area contributed by atoms with Crippen LogP contribution in [0.15, 0.2) is 66.7 Å². The molecule has 2 aliphatic heterocycles. The minimum absolute atomic E-state index is 0.0109. The normalized spacial score (nSPS) is 26.3. The minimum Gasteiger partial charge on any atom is -0.504 e. The Morgan fingerprint density at radius 1 is 1.08 bits per heavy atom. The number of aromatic hydroxyl groups is 1. The number of nitrogens with zero attached hydrogens (tertiary/aromatic N) is 2. The van der Waals surface area contributed by atoms with E-state index in [0.717, 1.165) is 36.2 Å². The highest BCUT2D eigenvalue weighted by atomic mass is 19.4. The maximum Gasteiger partial charge on any atom is 0.416 e. The van der Waals surface area contributed by atoms with Crippen LogP contribution < -0.4 is 4.74 Å². The molecule has 1 amide bonds. The number of esters is 1. The summed E-state index contributed by atoms with van der Waals surface area (Å²) in [4.78, 5) is 31.3. The smallest absolute Gasteiger partial charge is 0.416 e. The van der Waals surface area contributed by atoms with Crippen LogP contribution in [0.2, 0.25) is 0 Å². The molecule has 7 rings (SSSR count). The lowest BCUT2D eigenvalue weighted by Gasteiger charge is -2.65. The van der Waals surface area contributed by atoms with Gasteiger partial charge in [0.1, 0.15) is 11.7 Å². The number of carbonyl (C=O) groups is 2. The molecular formula is C40H41F3N2O5. The molecule has 2 heterocycles. The molecule has 0 unspecified atom stereocenters. The number of phenols is 1. The van der Waals surface area contributed by atoms with E-state index in [0.29, 0.717) is 50.1 Å². The van der Waals surface area contributed by atoms with E-state index in [1.807, 2.05) is 38.1 Å². The first-order valence-corrected chi connectivity index (χ1v) is 17.3. The van der Waals surface area contributed by atoms with Crippen molar-refractivity contribution in [1.29, 1.82) is 0 Å². The van der Waals surface area contributed by atoms with Gasteiger partial charge in [-0.05, 0) is 86.0 Å². The number of ether oxygens (including phenoxy) is 2. The number of hydrogen-bond acceptors (Lipinski definition) is 6. The van der Waals surface area contributed by atoms with Gasteiger partial charge < -0.3 is 19.5 Å². The van der Waals surface area contributed by atoms with Gasteiger partial charge in [0.15, 0.2) is 11.5 Å². The largest absolute Gasteiger partial charge is 0.504 e. The predicted octanol–water partition coefficient (Wildman–Crippen LogP) is 6.28. The van der Waals surface area contributed by atoms with Gasteiger partial charge in [-0.2, -0.15) is 13.2 Å². The van der Waals surface area contributed by atoms with E-state index >= 15 is 0 Å². The van der Waals surface area contributed by atoms with Gasteiger partial charge in [0, 0.05) is 37.1 Å². The molecule has 10 heteroatoms. The van der Waals surface area contributed by atoms with Crippen LogP contribution in [0.3, 0.4) is 0 Å². The fraction of sp³-hybridized carbons (Fsp3) is 0.450. The molecule has 1 N–H and O–H groups in total. The molecule has 2 fully saturated rings. The monoisotopic (exact) mass is 686 g/mol. The summed E-state index contributed by atoms with van der Waals surface area (Å²) in [5, 5.41) is 11.2. The lowest BCUT2D eigenvalue weighted by molar-refractivity contribution is -0.224. The van der Waals surface area contributed by atoms with Crippen molar-refractivity contribution in [3.8, 4) is 23.3 Å². The summed E-state index contributed by atoms with van der Waals surface area (Å²) >= 11 is 0. The Hall–Kier alpha value is -4.49. The maximum absolute atomic E-state index is 14.0. The van der Waals surface area contributed by atoms with E-state index in [-0.39, 0.29) is 23.7 Å². The third kappa shape index (κ3) is 5.60. The fourth-order valence-corrected chi connectivity index (χ4v) is 9.25. The average molecular weight is 687 g/mol. The molecule has 2 bridgehead atoms. The van der Waals surface area contributed by atoms with Crippen molar-refractivity contribution in [2.24, 2.45) is 5.92 Å². The quantitative estimate of drug-likeness (QED) is 0.233. The van der Waals surface area contributed by atoms with Crippen molar-refractivity contribution in [3.63, 3.8) is 0 Å². The Morgan fingerprint density at radius 2 is 1.82 bits per heavy atom. The van der Waals surface area contributed by atoms with E-state index in [4.69, 9.17) is 9.47 Å². The second kappa shape index (κ2) is 12.7. The van der Waals surface area contributed by atoms with Crippen LogP contribution in [0, 0.1) is 17.8 Å². The summed E-state index contributed by atoms with van der Waals surface area (Å²) in [6, 6.07) is 17.7. The molecule has 0 aromatic heterocycles. The summed E-state index contributed by atoms with van der Waals surface area (Å²) < 4.78 is 52.7. The zero-order valence-electron chi connectivity index (χ0n) is 28.4. The summed E-state index contributed by atoms with van der Waals surface area (Å²) in [6.07, 6.45) is -2.10. The molecule has 5 atom stereocenters. The van der Waals surface area contributed by atoms with Gasteiger partial charge >= 0.3 is 12.1 Å². The van der Waals surface area contributed by atoms with Gasteiger partial charge in [-0.1, -0.05) is 56.2 Å². The molecule has 1 spiro atoms. The molecule has 4 aliphatic rings. The Kier molecular flexibility index (Phi) is 8.62. The van der Waals surface area contributed by atoms with Gasteiger partial charge in [0.2, 0.25) is 0 Å². The van der Waals surface area contributed by atoms with Crippen LogP contribution in [-0.4, -0.2) is 70.2 Å². The van der Waals surface area contributed by atoms with Crippen molar-refractivity contribution in [3.05, 3.63) is 94.5 Å². The number of alkyl halides is 3. The first-order chi connectivity index (χ1) is 23.8. The summed E-state index contributed by atoms with van der Waals surface area (Å²) in [6.45, 7) is 7.31. The fourth-order valence-electron chi connectivity index (χ4n) is 9.25. The Labute approximate surface area is 290 Å². The number of carbonyl (C=O) groups excluding carboxylic acids is 2. The number of piperidine rings is 1. The summed E-state index contributed by atoms with van der Waals surface area (Å²) in [5.41, 5.74) is 0.869. The maximum atomic E-state index is 14.0. The van der Waals surface area contributed by atoms with Crippen molar-refractivity contribution >= 4 is 11.9 Å². The number of likely N-dealkylation sites (tertiary alicyclic amines) is 1. The van der Waals surface area contributed by atoms with Crippen LogP contribution in [-0.2, 0) is 38.8 Å². The van der Waals surface area contributed by atoms with Crippen LogP contribution in [0.5, 0.6) is 11.5 Å². The van der Waals surface area contributed by atoms with Gasteiger partial charge in [-0.3, -0.25) is 14.5 Å². The SMILES string of the molecule is CC(=O)O[C@@]12CC[C@@H](N(CC(C)C)C(=O)C#Cc3ccc(C(F)(F)F)cc3)[C@@H]3Oc4c(O)ccc5c4[C@@]31CCN(CCc1ccccc1)[C@@H]2C5. The summed E-state index contributed by atoms with van der Waals surface area (Å²) in [5.74, 6) is 5.10. The second-order valence-corrected chi connectivity index (χ2v) is 14.5. The molecule has 3 aromatic carbocycles. The van der Waals surface area contributed by atoms with E-state index in [1.165, 1.54) is 24.6 Å². The van der Waals surface area contributed by atoms with Crippen LogP contribution in [0.25, 0.3) is 0 Å². The van der Waals surface area contributed by atoms with Crippen LogP contribution >= 0.6 is 0 Å². The van der Waals surface area contributed by atoms with Crippen LogP contribution in [0.4, 0.5) is 13.2 Å². The zero-order chi connectivity index (χ0) is 35.4. The number of benzene rings is 3. The van der Waals surface area contributed by atoms with E-state index < -0.39 is 40.8 Å². The highest BCUT2D eigenvalue weighted by Gasteiger charge is 2.75. The van der Waals surface area contributed by atoms with Gasteiger partial charge in [-0.15, -0.1) is 0 Å². The van der Waals surface area contributed by atoms with Crippen molar-refractivity contribution in [1.82, 2.24) is 9.80 Å². The van der Waals surface area contributed by atoms with E-state index in [9.17, 15) is 27.9 Å². The van der Waals surface area contributed by atoms with E-state index in [1.54, 1.807) is 11.0 Å². The first kappa shape index (κ1) is 34.0. The Balaban J connectivity index is 1.28. The number of halogens is 3. The van der Waals surface area contributed by atoms with Gasteiger partial charge in [-0.25, -0.2) is 0 Å². The Morgan fingerprint density at radius 3 is 2.50 bits per heavy atom. The number of amides is 1. The van der Waals surface area contributed by atoms with Crippen molar-refractivity contribution in [2.45, 2.75) is 88.3 Å². The molecule has 1 saturated heterocycles. The topological polar surface area (TPSA) is 79.3 Å². The lowest BCUT2D eigenvalue weighted by Crippen LogP contribution is -2.79. The van der Waals surface area contributed by atoms with Crippen molar-refractivity contribution in [2.75, 3.05) is 19.6 Å². The highest BCUT2D eigenvalue weighted by molar-refractivity contribution is 5.94. The molecule has 1 saturated carbocycles. The molecular weight excluding hydrogens is 645 g/mol. The minimum atomic E-state index is -4.47. The number of rotatable bonds is 7. The number of hydrogen-bond donors (Lipinski definition) is 1. The first-order valence-electron chi connectivity index (χ1n) is 17.3. The second-order valence-electron chi connectivity index (χ2n) is 14.5. The lowest BCUT2D eigenvalue weighted by atomic mass is 9.48. The molecule has 7 nitrogen and oxygen atoms in total. The standard InChI is InChI=1S/C40H41F3N2O5/c1-25(2)24-45(34(48)16-11-28-9-13-30(14-10-28)40(41,42)43)31-17-19-39(50-26(3)46)33-23-29-12-15-32(47)36-35(29)38(39,37(31)49-36)20-22-44(33)21-18-27-7-5-4-6-8-27/h4-10,12-15,25,31,33,37,47H,17-24H2,1-3H3/t31-,33-,37+,38+,39-/m1/s1. The zero-order valence-corrected chi connectivity index (χ0v) is 28.4. The average Bonchev–Trinajstić information content (AvgIpc) is 3.43. The van der Waals surface area contributed by atoms with Gasteiger partial charge in [0.25, 0.3) is 5.91 Å². The molecule has 3 aromatic rings.